The largest absolute Gasteiger partial charge is 0.0654 e. The third-order valence-electron chi connectivity index (χ3n) is 2.78. The Morgan fingerprint density at radius 2 is 1.71 bits per heavy atom. The Kier molecular flexibility index (Phi) is 4.42. The van der Waals surface area contributed by atoms with Crippen molar-refractivity contribution in [2.45, 2.75) is 45.4 Å². The number of rotatable bonds is 4. The zero-order valence-corrected chi connectivity index (χ0v) is 11.5. The molecule has 0 saturated heterocycles. The fraction of sp³-hybridized carbons (Fsp3) is 0.538. The molecule has 0 N–H and O–H groups in total. The van der Waals surface area contributed by atoms with Crippen LogP contribution in [0.4, 0.5) is 0 Å². The molecule has 0 fully saturated rings. The number of halogens is 1. The molecule has 0 bridgehead atoms. The number of benzene rings is 1. The van der Waals surface area contributed by atoms with Gasteiger partial charge in [-0.25, -0.2) is 0 Å². The normalized spacial score (nSPS) is 11.7. The van der Waals surface area contributed by atoms with Gasteiger partial charge >= 0.3 is 0 Å². The molecule has 1 aromatic rings. The minimum absolute atomic E-state index is 0.334. The summed E-state index contributed by atoms with van der Waals surface area (Å²) in [5.41, 5.74) is 1.80. The first-order valence-electron chi connectivity index (χ1n) is 5.32. The van der Waals surface area contributed by atoms with Gasteiger partial charge in [0.05, 0.1) is 0 Å². The monoisotopic (exact) mass is 302 g/mol. The van der Waals surface area contributed by atoms with E-state index < -0.39 is 0 Å². The predicted molar refractivity (Wildman–Crippen MR) is 71.7 cm³/mol. The molecule has 0 atom stereocenters. The Hall–Kier alpha value is -0.0500. The van der Waals surface area contributed by atoms with Crippen LogP contribution in [0.5, 0.6) is 0 Å². The summed E-state index contributed by atoms with van der Waals surface area (Å²) in [7, 11) is 0. The SMILES string of the molecule is CCCCC(C)(C)c1ccc(I)cc1. The van der Waals surface area contributed by atoms with E-state index in [1.807, 2.05) is 0 Å². The van der Waals surface area contributed by atoms with Crippen molar-refractivity contribution in [3.05, 3.63) is 33.4 Å². The lowest BCUT2D eigenvalue weighted by Crippen LogP contribution is -2.16. The summed E-state index contributed by atoms with van der Waals surface area (Å²) >= 11 is 2.35. The quantitative estimate of drug-likeness (QED) is 0.704. The van der Waals surface area contributed by atoms with Crippen molar-refractivity contribution >= 4 is 22.6 Å². The maximum atomic E-state index is 2.35. The van der Waals surface area contributed by atoms with Gasteiger partial charge in [-0.2, -0.15) is 0 Å². The molecule has 1 rings (SSSR count). The van der Waals surface area contributed by atoms with Gasteiger partial charge in [-0.3, -0.25) is 0 Å². The molecular weight excluding hydrogens is 283 g/mol. The van der Waals surface area contributed by atoms with Crippen LogP contribution in [0, 0.1) is 3.57 Å². The van der Waals surface area contributed by atoms with Gasteiger partial charge in [-0.05, 0) is 52.1 Å². The van der Waals surface area contributed by atoms with Crippen LogP contribution in [0.2, 0.25) is 0 Å². The molecule has 0 unspecified atom stereocenters. The van der Waals surface area contributed by atoms with Gasteiger partial charge in [0.2, 0.25) is 0 Å². The second-order valence-corrected chi connectivity index (χ2v) is 5.74. The standard InChI is InChI=1S/C13H19I/c1-4-5-10-13(2,3)11-6-8-12(14)9-7-11/h6-9H,4-5,10H2,1-3H3. The Bertz CT molecular complexity index is 272. The molecule has 0 saturated carbocycles. The van der Waals surface area contributed by atoms with E-state index in [0.717, 1.165) is 0 Å². The first kappa shape index (κ1) is 12.0. The van der Waals surface area contributed by atoms with E-state index in [0.29, 0.717) is 5.41 Å². The van der Waals surface area contributed by atoms with Crippen molar-refractivity contribution < 1.29 is 0 Å². The Morgan fingerprint density at radius 1 is 1.14 bits per heavy atom. The molecule has 1 heteroatoms. The highest BCUT2D eigenvalue weighted by atomic mass is 127. The molecule has 0 amide bonds. The summed E-state index contributed by atoms with van der Waals surface area (Å²) in [5, 5.41) is 0. The Labute approximate surface area is 101 Å². The molecule has 78 valence electrons. The first-order chi connectivity index (χ1) is 6.56. The zero-order valence-electron chi connectivity index (χ0n) is 9.31. The van der Waals surface area contributed by atoms with E-state index in [-0.39, 0.29) is 0 Å². The highest BCUT2D eigenvalue weighted by molar-refractivity contribution is 14.1. The number of unbranched alkanes of at least 4 members (excludes halogenated alkanes) is 1. The van der Waals surface area contributed by atoms with Crippen LogP contribution in [-0.4, -0.2) is 0 Å². The minimum atomic E-state index is 0.334. The van der Waals surface area contributed by atoms with Gasteiger partial charge in [0.1, 0.15) is 0 Å². The molecule has 0 heterocycles. The second-order valence-electron chi connectivity index (χ2n) is 4.49. The van der Waals surface area contributed by atoms with E-state index in [9.17, 15) is 0 Å². The van der Waals surface area contributed by atoms with E-state index >= 15 is 0 Å². The summed E-state index contributed by atoms with van der Waals surface area (Å²) in [6.07, 6.45) is 3.89. The van der Waals surface area contributed by atoms with E-state index in [1.54, 1.807) is 0 Å². The molecule has 0 aliphatic rings. The number of hydrogen-bond acceptors (Lipinski definition) is 0. The summed E-state index contributed by atoms with van der Waals surface area (Å²) in [4.78, 5) is 0. The summed E-state index contributed by atoms with van der Waals surface area (Å²) < 4.78 is 1.32. The first-order valence-corrected chi connectivity index (χ1v) is 6.40. The Balaban J connectivity index is 2.75. The highest BCUT2D eigenvalue weighted by Crippen LogP contribution is 2.29. The van der Waals surface area contributed by atoms with E-state index in [2.05, 4.69) is 67.6 Å². The third kappa shape index (κ3) is 3.26. The van der Waals surface area contributed by atoms with Gasteiger partial charge in [0.25, 0.3) is 0 Å². The van der Waals surface area contributed by atoms with Crippen LogP contribution < -0.4 is 0 Å². The van der Waals surface area contributed by atoms with Crippen LogP contribution in [-0.2, 0) is 5.41 Å². The van der Waals surface area contributed by atoms with Gasteiger partial charge in [0, 0.05) is 3.57 Å². The second kappa shape index (κ2) is 5.15. The Morgan fingerprint density at radius 3 is 2.21 bits per heavy atom. The summed E-state index contributed by atoms with van der Waals surface area (Å²) in [6, 6.07) is 8.92. The van der Waals surface area contributed by atoms with Crippen molar-refractivity contribution in [1.29, 1.82) is 0 Å². The predicted octanol–water partition coefficient (Wildman–Crippen LogP) is 4.76. The molecule has 0 aromatic heterocycles. The lowest BCUT2D eigenvalue weighted by Gasteiger charge is -2.25. The smallest absolute Gasteiger partial charge is 0.0130 e. The topological polar surface area (TPSA) is 0 Å². The van der Waals surface area contributed by atoms with Crippen LogP contribution in [0.15, 0.2) is 24.3 Å². The maximum Gasteiger partial charge on any atom is 0.0130 e. The number of hydrogen-bond donors (Lipinski definition) is 0. The molecule has 0 radical (unpaired) electrons. The molecular formula is C13H19I. The van der Waals surface area contributed by atoms with Crippen molar-refractivity contribution in [2.24, 2.45) is 0 Å². The molecule has 0 nitrogen and oxygen atoms in total. The third-order valence-corrected chi connectivity index (χ3v) is 3.50. The minimum Gasteiger partial charge on any atom is -0.0654 e. The fourth-order valence-electron chi connectivity index (χ4n) is 1.66. The van der Waals surface area contributed by atoms with Crippen LogP contribution in [0.25, 0.3) is 0 Å². The molecule has 0 spiro atoms. The van der Waals surface area contributed by atoms with Crippen LogP contribution >= 0.6 is 22.6 Å². The van der Waals surface area contributed by atoms with Gasteiger partial charge in [0.15, 0.2) is 0 Å². The molecule has 14 heavy (non-hydrogen) atoms. The summed E-state index contributed by atoms with van der Waals surface area (Å²) in [6.45, 7) is 6.93. The van der Waals surface area contributed by atoms with Gasteiger partial charge in [-0.1, -0.05) is 45.7 Å². The van der Waals surface area contributed by atoms with E-state index in [4.69, 9.17) is 0 Å². The van der Waals surface area contributed by atoms with E-state index in [1.165, 1.54) is 28.4 Å². The van der Waals surface area contributed by atoms with Crippen molar-refractivity contribution in [3.63, 3.8) is 0 Å². The lowest BCUT2D eigenvalue weighted by molar-refractivity contribution is 0.458. The van der Waals surface area contributed by atoms with Crippen LogP contribution in [0.1, 0.15) is 45.6 Å². The van der Waals surface area contributed by atoms with Crippen molar-refractivity contribution in [1.82, 2.24) is 0 Å². The maximum absolute atomic E-state index is 2.35. The molecule has 0 aliphatic heterocycles. The molecule has 1 aromatic carbocycles. The van der Waals surface area contributed by atoms with Gasteiger partial charge in [-0.15, -0.1) is 0 Å². The zero-order chi connectivity index (χ0) is 10.6. The lowest BCUT2D eigenvalue weighted by atomic mass is 9.80. The highest BCUT2D eigenvalue weighted by Gasteiger charge is 2.19. The fourth-order valence-corrected chi connectivity index (χ4v) is 2.02. The van der Waals surface area contributed by atoms with Crippen LogP contribution in [0.3, 0.4) is 0 Å². The van der Waals surface area contributed by atoms with Crippen molar-refractivity contribution in [3.8, 4) is 0 Å². The average molecular weight is 302 g/mol. The van der Waals surface area contributed by atoms with Crippen molar-refractivity contribution in [2.75, 3.05) is 0 Å². The average Bonchev–Trinajstić information content (AvgIpc) is 2.16. The summed E-state index contributed by atoms with van der Waals surface area (Å²) in [5.74, 6) is 0. The molecule has 0 aliphatic carbocycles. The van der Waals surface area contributed by atoms with Gasteiger partial charge < -0.3 is 0 Å².